The minimum atomic E-state index is 0.377. The molecule has 0 N–H and O–H groups in total. The van der Waals surface area contributed by atoms with Gasteiger partial charge in [-0.15, -0.1) is 0 Å². The third-order valence-corrected chi connectivity index (χ3v) is 5.31. The molecule has 2 heteroatoms. The van der Waals surface area contributed by atoms with Crippen LogP contribution in [0.25, 0.3) is 10.8 Å². The van der Waals surface area contributed by atoms with E-state index in [-0.39, 0.29) is 0 Å². The maximum absolute atomic E-state index is 5.61. The van der Waals surface area contributed by atoms with E-state index >= 15 is 0 Å². The van der Waals surface area contributed by atoms with Gasteiger partial charge in [0, 0.05) is 10.2 Å². The molecule has 1 nitrogen and oxygen atoms in total. The van der Waals surface area contributed by atoms with E-state index < -0.39 is 0 Å². The van der Waals surface area contributed by atoms with Gasteiger partial charge in [0.15, 0.2) is 0 Å². The lowest BCUT2D eigenvalue weighted by Gasteiger charge is -2.24. The van der Waals surface area contributed by atoms with Gasteiger partial charge in [-0.25, -0.2) is 0 Å². The average molecular weight is 333 g/mol. The molecule has 0 saturated heterocycles. The summed E-state index contributed by atoms with van der Waals surface area (Å²) < 4.78 is 5.61. The molecule has 0 saturated carbocycles. The van der Waals surface area contributed by atoms with Crippen LogP contribution in [-0.4, -0.2) is 7.11 Å². The molecule has 1 aliphatic rings. The van der Waals surface area contributed by atoms with E-state index in [9.17, 15) is 0 Å². The molecule has 0 fully saturated rings. The van der Waals surface area contributed by atoms with Crippen LogP contribution in [-0.2, 0) is 6.42 Å². The second-order valence-corrected chi connectivity index (χ2v) is 7.63. The Bertz CT molecular complexity index is 645. The van der Waals surface area contributed by atoms with Crippen LogP contribution in [0.2, 0.25) is 0 Å². The molecule has 0 spiro atoms. The van der Waals surface area contributed by atoms with E-state index in [2.05, 4.69) is 60.1 Å². The fraction of sp³-hybridized carbons (Fsp3) is 0.444. The average Bonchev–Trinajstić information content (AvgIpc) is 2.54. The lowest BCUT2D eigenvalue weighted by Crippen LogP contribution is -2.11. The van der Waals surface area contributed by atoms with Crippen molar-refractivity contribution in [3.05, 3.63) is 41.5 Å². The zero-order valence-electron chi connectivity index (χ0n) is 12.4. The van der Waals surface area contributed by atoms with Gasteiger partial charge in [-0.1, -0.05) is 54.0 Å². The van der Waals surface area contributed by atoms with E-state index in [1.807, 2.05) is 0 Å². The minimum Gasteiger partial charge on any atom is -0.496 e. The molecule has 3 rings (SSSR count). The Labute approximate surface area is 129 Å². The number of fused-ring (bicyclic) bond motifs is 3. The van der Waals surface area contributed by atoms with Gasteiger partial charge in [0.1, 0.15) is 5.75 Å². The number of alkyl halides is 1. The molecule has 0 radical (unpaired) electrons. The van der Waals surface area contributed by atoms with Gasteiger partial charge in [-0.3, -0.25) is 0 Å². The molecule has 1 atom stereocenters. The summed E-state index contributed by atoms with van der Waals surface area (Å²) in [5, 5.41) is 2.58. The summed E-state index contributed by atoms with van der Waals surface area (Å²) in [5.41, 5.74) is 3.28. The van der Waals surface area contributed by atoms with Crippen LogP contribution >= 0.6 is 15.9 Å². The topological polar surface area (TPSA) is 9.23 Å². The standard InChI is InChI=1S/C18H21BrO/c1-18(2)9-8-13-12-6-4-5-7-14(12)17(20-3)10-15(13)16(19)11-18/h4-7,10,16H,8-9,11H2,1-3H3. The van der Waals surface area contributed by atoms with Crippen molar-refractivity contribution in [1.29, 1.82) is 0 Å². The van der Waals surface area contributed by atoms with E-state index in [4.69, 9.17) is 4.74 Å². The summed E-state index contributed by atoms with van der Waals surface area (Å²) in [6.07, 6.45) is 3.55. The maximum Gasteiger partial charge on any atom is 0.127 e. The molecule has 20 heavy (non-hydrogen) atoms. The third-order valence-electron chi connectivity index (χ3n) is 4.49. The highest BCUT2D eigenvalue weighted by Gasteiger charge is 2.29. The van der Waals surface area contributed by atoms with Crippen LogP contribution in [0.4, 0.5) is 0 Å². The van der Waals surface area contributed by atoms with Gasteiger partial charge in [0.05, 0.1) is 7.11 Å². The predicted molar refractivity (Wildman–Crippen MR) is 88.9 cm³/mol. The fourth-order valence-corrected chi connectivity index (χ4v) is 4.60. The van der Waals surface area contributed by atoms with Crippen molar-refractivity contribution < 1.29 is 4.74 Å². The molecule has 2 aromatic rings. The molecule has 0 aliphatic heterocycles. The Morgan fingerprint density at radius 1 is 1.20 bits per heavy atom. The van der Waals surface area contributed by atoms with Crippen LogP contribution in [0.15, 0.2) is 30.3 Å². The summed E-state index contributed by atoms with van der Waals surface area (Å²) in [5.74, 6) is 0.989. The van der Waals surface area contributed by atoms with E-state index in [1.54, 1.807) is 7.11 Å². The summed E-state index contributed by atoms with van der Waals surface area (Å²) in [6, 6.07) is 10.8. The summed E-state index contributed by atoms with van der Waals surface area (Å²) in [7, 11) is 1.76. The summed E-state index contributed by atoms with van der Waals surface area (Å²) in [6.45, 7) is 4.74. The highest BCUT2D eigenvalue weighted by Crippen LogP contribution is 2.47. The number of halogens is 1. The lowest BCUT2D eigenvalue weighted by molar-refractivity contribution is 0.316. The van der Waals surface area contributed by atoms with E-state index in [1.165, 1.54) is 34.7 Å². The zero-order chi connectivity index (χ0) is 14.3. The van der Waals surface area contributed by atoms with Crippen LogP contribution in [0.1, 0.15) is 42.6 Å². The second-order valence-electron chi connectivity index (χ2n) is 6.53. The number of aryl methyl sites for hydroxylation is 1. The first-order valence-electron chi connectivity index (χ1n) is 7.24. The third kappa shape index (κ3) is 2.35. The number of benzene rings is 2. The highest BCUT2D eigenvalue weighted by atomic mass is 79.9. The Morgan fingerprint density at radius 3 is 2.60 bits per heavy atom. The Morgan fingerprint density at radius 2 is 1.90 bits per heavy atom. The maximum atomic E-state index is 5.61. The number of methoxy groups -OCH3 is 1. The van der Waals surface area contributed by atoms with E-state index in [0.29, 0.717) is 10.2 Å². The Balaban J connectivity index is 2.26. The van der Waals surface area contributed by atoms with Crippen LogP contribution in [0.3, 0.4) is 0 Å². The molecule has 0 bridgehead atoms. The smallest absolute Gasteiger partial charge is 0.127 e. The molecule has 1 aliphatic carbocycles. The van der Waals surface area contributed by atoms with Crippen molar-refractivity contribution >= 4 is 26.7 Å². The molecule has 106 valence electrons. The van der Waals surface area contributed by atoms with E-state index in [0.717, 1.165) is 12.2 Å². The lowest BCUT2D eigenvalue weighted by atomic mass is 9.84. The first-order valence-corrected chi connectivity index (χ1v) is 8.16. The highest BCUT2D eigenvalue weighted by molar-refractivity contribution is 9.09. The normalized spacial score (nSPS) is 21.3. The number of hydrogen-bond acceptors (Lipinski definition) is 1. The first kappa shape index (κ1) is 13.9. The molecule has 0 amide bonds. The minimum absolute atomic E-state index is 0.377. The second kappa shape index (κ2) is 5.07. The Kier molecular flexibility index (Phi) is 3.53. The molecular formula is C18H21BrO. The number of ether oxygens (including phenoxy) is 1. The first-order chi connectivity index (χ1) is 9.52. The number of rotatable bonds is 1. The van der Waals surface area contributed by atoms with Crippen molar-refractivity contribution in [3.8, 4) is 5.75 Å². The van der Waals surface area contributed by atoms with Crippen LogP contribution in [0.5, 0.6) is 5.75 Å². The van der Waals surface area contributed by atoms with Gasteiger partial charge in [0.2, 0.25) is 0 Å². The fourth-order valence-electron chi connectivity index (χ4n) is 3.31. The van der Waals surface area contributed by atoms with Gasteiger partial charge in [-0.2, -0.15) is 0 Å². The summed E-state index contributed by atoms with van der Waals surface area (Å²) >= 11 is 3.91. The van der Waals surface area contributed by atoms with Gasteiger partial charge in [0.25, 0.3) is 0 Å². The largest absolute Gasteiger partial charge is 0.496 e. The van der Waals surface area contributed by atoms with Crippen molar-refractivity contribution in [2.45, 2.75) is 37.9 Å². The SMILES string of the molecule is COc1cc2c(c3ccccc13)CCC(C)(C)CC2Br. The van der Waals surface area contributed by atoms with Crippen molar-refractivity contribution in [2.75, 3.05) is 7.11 Å². The van der Waals surface area contributed by atoms with Crippen LogP contribution < -0.4 is 4.74 Å². The predicted octanol–water partition coefficient (Wildman–Crippen LogP) is 5.65. The number of hydrogen-bond donors (Lipinski definition) is 0. The van der Waals surface area contributed by atoms with Crippen molar-refractivity contribution in [2.24, 2.45) is 5.41 Å². The van der Waals surface area contributed by atoms with Gasteiger partial charge < -0.3 is 4.74 Å². The monoisotopic (exact) mass is 332 g/mol. The summed E-state index contributed by atoms with van der Waals surface area (Å²) in [4.78, 5) is 0.411. The molecule has 0 heterocycles. The molecular weight excluding hydrogens is 312 g/mol. The quantitative estimate of drug-likeness (QED) is 0.484. The van der Waals surface area contributed by atoms with Crippen LogP contribution in [0, 0.1) is 5.41 Å². The van der Waals surface area contributed by atoms with Gasteiger partial charge in [-0.05, 0) is 47.3 Å². The molecule has 2 aromatic carbocycles. The van der Waals surface area contributed by atoms with Crippen molar-refractivity contribution in [3.63, 3.8) is 0 Å². The molecule has 0 aromatic heterocycles. The van der Waals surface area contributed by atoms with Gasteiger partial charge >= 0.3 is 0 Å². The molecule has 1 unspecified atom stereocenters. The van der Waals surface area contributed by atoms with Crippen molar-refractivity contribution in [1.82, 2.24) is 0 Å². The zero-order valence-corrected chi connectivity index (χ0v) is 14.0. The Hall–Kier alpha value is -1.02.